The molecule has 0 radical (unpaired) electrons. The molecule has 1 saturated heterocycles. The highest BCUT2D eigenvalue weighted by atomic mass is 35.5. The minimum Gasteiger partial charge on any atom is -0.357 e. The number of nitrogens with zero attached hydrogens (tertiary/aromatic N) is 4. The summed E-state index contributed by atoms with van der Waals surface area (Å²) in [5.74, 6) is -0.510. The van der Waals surface area contributed by atoms with E-state index in [2.05, 4.69) is 10.1 Å². The summed E-state index contributed by atoms with van der Waals surface area (Å²) in [6.45, 7) is 0.140. The van der Waals surface area contributed by atoms with Crippen LogP contribution in [0, 0.1) is 10.1 Å². The van der Waals surface area contributed by atoms with Crippen LogP contribution in [-0.2, 0) is 22.6 Å². The Balaban J connectivity index is 1.44. The molecule has 0 spiro atoms. The molecule has 1 fully saturated rings. The molecule has 0 bridgehead atoms. The highest BCUT2D eigenvalue weighted by Gasteiger charge is 2.43. The summed E-state index contributed by atoms with van der Waals surface area (Å²) in [7, 11) is 0. The molecule has 9 nitrogen and oxygen atoms in total. The molecule has 10 heteroatoms. The first-order valence-electron chi connectivity index (χ1n) is 9.59. The molecule has 3 aromatic rings. The van der Waals surface area contributed by atoms with Crippen LogP contribution in [0.4, 0.5) is 5.69 Å². The predicted molar refractivity (Wildman–Crippen MR) is 114 cm³/mol. The molecular weight excluding hydrogens is 422 g/mol. The average Bonchev–Trinajstić information content (AvgIpc) is 3.12. The number of rotatable bonds is 3. The van der Waals surface area contributed by atoms with Crippen LogP contribution in [-0.4, -0.2) is 50.4 Å². The van der Waals surface area contributed by atoms with E-state index < -0.39 is 11.0 Å². The van der Waals surface area contributed by atoms with Crippen LogP contribution >= 0.6 is 11.6 Å². The van der Waals surface area contributed by atoms with E-state index in [1.807, 2.05) is 24.3 Å². The van der Waals surface area contributed by atoms with Crippen LogP contribution in [0.3, 0.4) is 0 Å². The molecule has 156 valence electrons. The van der Waals surface area contributed by atoms with Crippen molar-refractivity contribution in [2.75, 3.05) is 6.54 Å². The lowest BCUT2D eigenvalue weighted by Gasteiger charge is -2.40. The second-order valence-electron chi connectivity index (χ2n) is 7.47. The number of nitro benzene ring substituents is 1. The molecule has 0 unspecified atom stereocenters. The van der Waals surface area contributed by atoms with Crippen LogP contribution < -0.4 is 0 Å². The number of carbonyl (C=O) groups excluding carboxylic acids is 2. The SMILES string of the molecule is O=C1[C@@H]2Cc3c([nH]c4ccccc34)CN2C(=O)CN1/N=C/c1cc([N+](=O)[O-])ccc1Cl. The van der Waals surface area contributed by atoms with Gasteiger partial charge < -0.3 is 9.88 Å². The minimum absolute atomic E-state index is 0.141. The fourth-order valence-electron chi connectivity index (χ4n) is 4.13. The van der Waals surface area contributed by atoms with Crippen molar-refractivity contribution in [3.63, 3.8) is 0 Å². The van der Waals surface area contributed by atoms with Gasteiger partial charge in [-0.3, -0.25) is 19.7 Å². The first-order valence-corrected chi connectivity index (χ1v) is 9.97. The Hall–Kier alpha value is -3.72. The van der Waals surface area contributed by atoms with Crippen molar-refractivity contribution in [1.82, 2.24) is 14.9 Å². The van der Waals surface area contributed by atoms with E-state index in [9.17, 15) is 19.7 Å². The number of piperazine rings is 1. The summed E-state index contributed by atoms with van der Waals surface area (Å²) in [4.78, 5) is 41.3. The van der Waals surface area contributed by atoms with Gasteiger partial charge in [0.05, 0.1) is 17.7 Å². The van der Waals surface area contributed by atoms with Gasteiger partial charge in [0, 0.05) is 45.7 Å². The van der Waals surface area contributed by atoms with Gasteiger partial charge in [0.2, 0.25) is 5.91 Å². The minimum atomic E-state index is -0.648. The number of amides is 2. The lowest BCUT2D eigenvalue weighted by atomic mass is 9.94. The van der Waals surface area contributed by atoms with Crippen molar-refractivity contribution in [3.05, 3.63) is 74.4 Å². The number of benzene rings is 2. The Labute approximate surface area is 181 Å². The molecule has 2 aliphatic heterocycles. The van der Waals surface area contributed by atoms with Crippen molar-refractivity contribution in [3.8, 4) is 0 Å². The van der Waals surface area contributed by atoms with E-state index in [1.165, 1.54) is 24.4 Å². The molecule has 1 atom stereocenters. The molecule has 1 N–H and O–H groups in total. The Kier molecular flexibility index (Phi) is 4.48. The lowest BCUT2D eigenvalue weighted by molar-refractivity contribution is -0.384. The zero-order chi connectivity index (χ0) is 21.7. The van der Waals surface area contributed by atoms with E-state index in [0.717, 1.165) is 27.2 Å². The zero-order valence-electron chi connectivity index (χ0n) is 16.1. The van der Waals surface area contributed by atoms with Crippen molar-refractivity contribution in [2.45, 2.75) is 19.0 Å². The number of non-ortho nitro benzene ring substituents is 1. The summed E-state index contributed by atoms with van der Waals surface area (Å²) in [5, 5.41) is 17.5. The first-order chi connectivity index (χ1) is 14.9. The maximum absolute atomic E-state index is 13.1. The Morgan fingerprint density at radius 1 is 1.19 bits per heavy atom. The summed E-state index contributed by atoms with van der Waals surface area (Å²) < 4.78 is 0. The van der Waals surface area contributed by atoms with E-state index in [1.54, 1.807) is 4.90 Å². The van der Waals surface area contributed by atoms with Crippen molar-refractivity contribution in [2.24, 2.45) is 5.10 Å². The quantitative estimate of drug-likeness (QED) is 0.385. The number of nitrogens with one attached hydrogen (secondary N) is 1. The third-order valence-corrected chi connectivity index (χ3v) is 6.02. The van der Waals surface area contributed by atoms with Crippen molar-refractivity contribution < 1.29 is 14.5 Å². The maximum Gasteiger partial charge on any atom is 0.270 e. The zero-order valence-corrected chi connectivity index (χ0v) is 16.9. The van der Waals surface area contributed by atoms with Gasteiger partial charge in [-0.15, -0.1) is 0 Å². The topological polar surface area (TPSA) is 112 Å². The fraction of sp³-hybridized carbons (Fsp3) is 0.190. The number of hydrogen-bond donors (Lipinski definition) is 1. The number of nitro groups is 1. The van der Waals surface area contributed by atoms with Gasteiger partial charge in [0.25, 0.3) is 11.6 Å². The van der Waals surface area contributed by atoms with Gasteiger partial charge in [0.1, 0.15) is 12.6 Å². The van der Waals surface area contributed by atoms with Crippen LogP contribution in [0.5, 0.6) is 0 Å². The molecule has 0 aliphatic carbocycles. The lowest BCUT2D eigenvalue weighted by Crippen LogP contribution is -2.60. The molecule has 1 aromatic heterocycles. The van der Waals surface area contributed by atoms with Crippen LogP contribution in [0.2, 0.25) is 5.02 Å². The van der Waals surface area contributed by atoms with Crippen LogP contribution in [0.15, 0.2) is 47.6 Å². The largest absolute Gasteiger partial charge is 0.357 e. The summed E-state index contributed by atoms with van der Waals surface area (Å²) in [6.07, 6.45) is 1.67. The summed E-state index contributed by atoms with van der Waals surface area (Å²) in [5.41, 5.74) is 3.10. The maximum atomic E-state index is 13.1. The predicted octanol–water partition coefficient (Wildman–Crippen LogP) is 2.86. The normalized spacial score (nSPS) is 18.5. The molecule has 2 aliphatic rings. The second kappa shape index (κ2) is 7.21. The smallest absolute Gasteiger partial charge is 0.270 e. The molecule has 5 rings (SSSR count). The number of aromatic nitrogens is 1. The highest BCUT2D eigenvalue weighted by molar-refractivity contribution is 6.33. The third-order valence-electron chi connectivity index (χ3n) is 5.68. The average molecular weight is 438 g/mol. The third kappa shape index (κ3) is 3.23. The monoisotopic (exact) mass is 437 g/mol. The number of aromatic amines is 1. The number of carbonyl (C=O) groups is 2. The number of halogens is 1. The van der Waals surface area contributed by atoms with Gasteiger partial charge in [0.15, 0.2) is 0 Å². The van der Waals surface area contributed by atoms with Gasteiger partial charge in [-0.05, 0) is 17.7 Å². The van der Waals surface area contributed by atoms with Gasteiger partial charge >= 0.3 is 0 Å². The van der Waals surface area contributed by atoms with Crippen molar-refractivity contribution >= 4 is 46.2 Å². The highest BCUT2D eigenvalue weighted by Crippen LogP contribution is 2.32. The van der Waals surface area contributed by atoms with E-state index in [-0.39, 0.29) is 29.1 Å². The van der Waals surface area contributed by atoms with Gasteiger partial charge in [-0.25, -0.2) is 5.01 Å². The Morgan fingerprint density at radius 3 is 2.81 bits per heavy atom. The number of hydrazone groups is 1. The number of fused-ring (bicyclic) bond motifs is 4. The van der Waals surface area contributed by atoms with E-state index in [4.69, 9.17) is 11.6 Å². The van der Waals surface area contributed by atoms with E-state index in [0.29, 0.717) is 18.5 Å². The molecule has 2 aromatic carbocycles. The number of H-pyrrole nitrogens is 1. The van der Waals surface area contributed by atoms with Gasteiger partial charge in [-0.1, -0.05) is 29.8 Å². The molecule has 31 heavy (non-hydrogen) atoms. The second-order valence-corrected chi connectivity index (χ2v) is 7.88. The number of para-hydroxylation sites is 1. The number of hydrogen-bond acceptors (Lipinski definition) is 5. The molecule has 0 saturated carbocycles. The molecule has 3 heterocycles. The Bertz CT molecular complexity index is 1280. The summed E-state index contributed by atoms with van der Waals surface area (Å²) in [6, 6.07) is 11.1. The molecule has 2 amide bonds. The van der Waals surface area contributed by atoms with E-state index >= 15 is 0 Å². The van der Waals surface area contributed by atoms with Crippen LogP contribution in [0.1, 0.15) is 16.8 Å². The summed E-state index contributed by atoms with van der Waals surface area (Å²) >= 11 is 6.10. The fourth-order valence-corrected chi connectivity index (χ4v) is 4.30. The first kappa shape index (κ1) is 19.3. The van der Waals surface area contributed by atoms with Gasteiger partial charge in [-0.2, -0.15) is 5.10 Å². The van der Waals surface area contributed by atoms with Crippen molar-refractivity contribution in [1.29, 1.82) is 0 Å². The molecular formula is C21H16ClN5O4. The standard InChI is InChI=1S/C21H16ClN5O4/c22-16-6-5-13(27(30)31)7-12(16)9-23-26-11-20(28)25-10-18-15(8-19(25)21(26)29)14-3-1-2-4-17(14)24-18/h1-7,9,19,24H,8,10-11H2/b23-9+/t19-/m0/s1. The Morgan fingerprint density at radius 2 is 2.00 bits per heavy atom. The van der Waals surface area contributed by atoms with Crippen LogP contribution in [0.25, 0.3) is 10.9 Å².